The first kappa shape index (κ1) is 16.4. The molecule has 0 saturated carbocycles. The highest BCUT2D eigenvalue weighted by atomic mass is 16.5. The molecule has 2 aromatic heterocycles. The molecule has 1 aliphatic rings. The van der Waals surface area contributed by atoms with Crippen LogP contribution in [0.25, 0.3) is 11.4 Å². The normalized spacial score (nSPS) is 17.8. The van der Waals surface area contributed by atoms with E-state index in [9.17, 15) is 4.79 Å². The summed E-state index contributed by atoms with van der Waals surface area (Å²) in [5.74, 6) is 1.95. The summed E-state index contributed by atoms with van der Waals surface area (Å²) in [6.07, 6.45) is 2.08. The lowest BCUT2D eigenvalue weighted by atomic mass is 10.1. The molecule has 1 unspecified atom stereocenters. The second-order valence-corrected chi connectivity index (χ2v) is 6.34. The molecule has 2 aromatic rings. The Bertz CT molecular complexity index is 713. The Labute approximate surface area is 141 Å². The van der Waals surface area contributed by atoms with Crippen molar-refractivity contribution in [1.82, 2.24) is 20.0 Å². The van der Waals surface area contributed by atoms with Crippen LogP contribution < -0.4 is 4.74 Å². The third kappa shape index (κ3) is 3.39. The molecule has 1 fully saturated rings. The van der Waals surface area contributed by atoms with Gasteiger partial charge in [-0.1, -0.05) is 19.0 Å². The molecule has 0 aliphatic carbocycles. The maximum absolute atomic E-state index is 12.1. The standard InChI is InChI=1S/C17H22N4O3/c1-4-23-17-13(6-5-7-18-17)15-19-16(24-20-15)12-8-14(22)21(10-12)9-11(2)3/h5-7,11-12H,4,8-10H2,1-3H3. The second-order valence-electron chi connectivity index (χ2n) is 6.34. The van der Waals surface area contributed by atoms with Crippen molar-refractivity contribution in [2.24, 2.45) is 5.92 Å². The minimum Gasteiger partial charge on any atom is -0.477 e. The van der Waals surface area contributed by atoms with Crippen LogP contribution in [0.3, 0.4) is 0 Å². The molecule has 1 saturated heterocycles. The van der Waals surface area contributed by atoms with Gasteiger partial charge in [0.15, 0.2) is 0 Å². The van der Waals surface area contributed by atoms with Crippen molar-refractivity contribution in [2.45, 2.75) is 33.1 Å². The highest BCUT2D eigenvalue weighted by Gasteiger charge is 2.34. The van der Waals surface area contributed by atoms with E-state index in [1.807, 2.05) is 17.9 Å². The van der Waals surface area contributed by atoms with Crippen molar-refractivity contribution in [1.29, 1.82) is 0 Å². The molecule has 3 heterocycles. The Kier molecular flexibility index (Phi) is 4.78. The zero-order chi connectivity index (χ0) is 17.1. The van der Waals surface area contributed by atoms with Crippen molar-refractivity contribution in [2.75, 3.05) is 19.7 Å². The smallest absolute Gasteiger partial charge is 0.232 e. The van der Waals surface area contributed by atoms with Gasteiger partial charge in [-0.3, -0.25) is 4.79 Å². The first-order valence-corrected chi connectivity index (χ1v) is 8.28. The van der Waals surface area contributed by atoms with Crippen molar-refractivity contribution in [3.63, 3.8) is 0 Å². The molecule has 7 nitrogen and oxygen atoms in total. The number of hydrogen-bond donors (Lipinski definition) is 0. The molecule has 128 valence electrons. The summed E-state index contributed by atoms with van der Waals surface area (Å²) < 4.78 is 10.9. The number of nitrogens with zero attached hydrogens (tertiary/aromatic N) is 4. The first-order chi connectivity index (χ1) is 11.6. The predicted molar refractivity (Wildman–Crippen MR) is 87.5 cm³/mol. The van der Waals surface area contributed by atoms with Crippen LogP contribution in [-0.2, 0) is 4.79 Å². The zero-order valence-corrected chi connectivity index (χ0v) is 14.2. The van der Waals surface area contributed by atoms with Gasteiger partial charge in [0.2, 0.25) is 23.5 Å². The molecule has 0 N–H and O–H groups in total. The summed E-state index contributed by atoms with van der Waals surface area (Å²) in [5, 5.41) is 4.05. The fourth-order valence-corrected chi connectivity index (χ4v) is 2.88. The van der Waals surface area contributed by atoms with Gasteiger partial charge in [-0.25, -0.2) is 4.98 Å². The number of pyridine rings is 1. The quantitative estimate of drug-likeness (QED) is 0.809. The Morgan fingerprint density at radius 2 is 2.29 bits per heavy atom. The number of hydrogen-bond acceptors (Lipinski definition) is 6. The lowest BCUT2D eigenvalue weighted by Gasteiger charge is -2.18. The Hall–Kier alpha value is -2.44. The average Bonchev–Trinajstić information content (AvgIpc) is 3.15. The molecule has 0 spiro atoms. The van der Waals surface area contributed by atoms with Crippen molar-refractivity contribution < 1.29 is 14.1 Å². The lowest BCUT2D eigenvalue weighted by molar-refractivity contribution is -0.128. The number of carbonyl (C=O) groups excluding carboxylic acids is 1. The van der Waals surface area contributed by atoms with Gasteiger partial charge in [-0.2, -0.15) is 4.98 Å². The topological polar surface area (TPSA) is 81.3 Å². The average molecular weight is 330 g/mol. The van der Waals surface area contributed by atoms with Crippen molar-refractivity contribution >= 4 is 5.91 Å². The van der Waals surface area contributed by atoms with E-state index in [0.717, 1.165) is 6.54 Å². The maximum Gasteiger partial charge on any atom is 0.232 e. The van der Waals surface area contributed by atoms with E-state index < -0.39 is 0 Å². The van der Waals surface area contributed by atoms with Crippen LogP contribution in [0.15, 0.2) is 22.9 Å². The predicted octanol–water partition coefficient (Wildman–Crippen LogP) is 2.50. The van der Waals surface area contributed by atoms with Crippen LogP contribution >= 0.6 is 0 Å². The maximum atomic E-state index is 12.1. The van der Waals surface area contributed by atoms with E-state index in [0.29, 0.717) is 48.6 Å². The Balaban J connectivity index is 1.78. The summed E-state index contributed by atoms with van der Waals surface area (Å²) >= 11 is 0. The van der Waals surface area contributed by atoms with Crippen LogP contribution in [0.1, 0.15) is 39.0 Å². The minimum absolute atomic E-state index is 0.0512. The van der Waals surface area contributed by atoms with E-state index in [2.05, 4.69) is 29.0 Å². The van der Waals surface area contributed by atoms with Crippen LogP contribution in [0, 0.1) is 5.92 Å². The monoisotopic (exact) mass is 330 g/mol. The molecule has 1 aliphatic heterocycles. The van der Waals surface area contributed by atoms with Gasteiger partial charge in [-0.05, 0) is 25.0 Å². The van der Waals surface area contributed by atoms with E-state index in [-0.39, 0.29) is 11.8 Å². The molecule has 1 amide bonds. The van der Waals surface area contributed by atoms with Gasteiger partial charge in [0, 0.05) is 25.7 Å². The van der Waals surface area contributed by atoms with Gasteiger partial charge >= 0.3 is 0 Å². The molecule has 3 rings (SSSR count). The number of amides is 1. The number of likely N-dealkylation sites (tertiary alicyclic amines) is 1. The van der Waals surface area contributed by atoms with Crippen LogP contribution in [-0.4, -0.2) is 45.6 Å². The summed E-state index contributed by atoms with van der Waals surface area (Å²) in [4.78, 5) is 22.7. The summed E-state index contributed by atoms with van der Waals surface area (Å²) in [6, 6.07) is 3.65. The summed E-state index contributed by atoms with van der Waals surface area (Å²) in [7, 11) is 0. The number of carbonyl (C=O) groups is 1. The van der Waals surface area contributed by atoms with E-state index in [1.165, 1.54) is 0 Å². The third-order valence-corrected chi connectivity index (χ3v) is 3.88. The largest absolute Gasteiger partial charge is 0.477 e. The molecule has 0 aromatic carbocycles. The summed E-state index contributed by atoms with van der Waals surface area (Å²) in [5.41, 5.74) is 0.692. The van der Waals surface area contributed by atoms with Crippen molar-refractivity contribution in [3.8, 4) is 17.3 Å². The first-order valence-electron chi connectivity index (χ1n) is 8.28. The Morgan fingerprint density at radius 1 is 1.46 bits per heavy atom. The van der Waals surface area contributed by atoms with Crippen LogP contribution in [0.5, 0.6) is 5.88 Å². The minimum atomic E-state index is -0.0512. The second kappa shape index (κ2) is 6.98. The molecule has 7 heteroatoms. The molecule has 0 radical (unpaired) electrons. The highest BCUT2D eigenvalue weighted by molar-refractivity contribution is 5.79. The number of ether oxygens (including phenoxy) is 1. The third-order valence-electron chi connectivity index (χ3n) is 3.88. The lowest BCUT2D eigenvalue weighted by Crippen LogP contribution is -2.29. The van der Waals surface area contributed by atoms with Crippen LogP contribution in [0.2, 0.25) is 0 Å². The van der Waals surface area contributed by atoms with Gasteiger partial charge in [0.1, 0.15) is 0 Å². The van der Waals surface area contributed by atoms with Gasteiger partial charge in [0.05, 0.1) is 18.1 Å². The van der Waals surface area contributed by atoms with Gasteiger partial charge in [-0.15, -0.1) is 0 Å². The molecular weight excluding hydrogens is 308 g/mol. The molecule has 24 heavy (non-hydrogen) atoms. The van der Waals surface area contributed by atoms with E-state index in [4.69, 9.17) is 9.26 Å². The van der Waals surface area contributed by atoms with E-state index in [1.54, 1.807) is 12.3 Å². The van der Waals surface area contributed by atoms with Gasteiger partial charge in [0.25, 0.3) is 0 Å². The fraction of sp³-hybridized carbons (Fsp3) is 0.529. The SMILES string of the molecule is CCOc1ncccc1-c1noc(C2CC(=O)N(CC(C)C)C2)n1. The molecule has 0 bridgehead atoms. The Morgan fingerprint density at radius 3 is 3.04 bits per heavy atom. The number of aromatic nitrogens is 3. The van der Waals surface area contributed by atoms with Crippen LogP contribution in [0.4, 0.5) is 0 Å². The summed E-state index contributed by atoms with van der Waals surface area (Å²) in [6.45, 7) is 7.99. The number of rotatable bonds is 6. The fourth-order valence-electron chi connectivity index (χ4n) is 2.88. The zero-order valence-electron chi connectivity index (χ0n) is 14.2. The highest BCUT2D eigenvalue weighted by Crippen LogP contribution is 2.31. The molecular formula is C17H22N4O3. The van der Waals surface area contributed by atoms with Crippen molar-refractivity contribution in [3.05, 3.63) is 24.2 Å². The van der Waals surface area contributed by atoms with E-state index >= 15 is 0 Å². The molecule has 1 atom stereocenters. The van der Waals surface area contributed by atoms with Gasteiger partial charge < -0.3 is 14.2 Å².